The number of benzene rings is 1. The van der Waals surface area contributed by atoms with Crippen molar-refractivity contribution in [3.63, 3.8) is 0 Å². The average molecular weight is 464 g/mol. The Hall–Kier alpha value is -3.00. The number of hydrogen-bond donors (Lipinski definition) is 0. The van der Waals surface area contributed by atoms with Gasteiger partial charge < -0.3 is 19.4 Å². The quantitative estimate of drug-likeness (QED) is 0.628. The molecule has 8 nitrogen and oxygen atoms in total. The highest BCUT2D eigenvalue weighted by atomic mass is 16.5. The number of carbonyl (C=O) groups is 2. The van der Waals surface area contributed by atoms with Crippen LogP contribution < -0.4 is 4.90 Å². The first kappa shape index (κ1) is 22.8. The minimum absolute atomic E-state index is 0.0239. The van der Waals surface area contributed by atoms with Crippen LogP contribution in [-0.4, -0.2) is 83.8 Å². The zero-order valence-corrected chi connectivity index (χ0v) is 19.6. The summed E-state index contributed by atoms with van der Waals surface area (Å²) in [4.78, 5) is 31.9. The molecule has 3 heterocycles. The lowest BCUT2D eigenvalue weighted by Crippen LogP contribution is -2.53. The molecule has 1 atom stereocenters. The summed E-state index contributed by atoms with van der Waals surface area (Å²) in [5, 5.41) is 8.81. The molecule has 2 saturated heterocycles. The Morgan fingerprint density at radius 1 is 0.941 bits per heavy atom. The van der Waals surface area contributed by atoms with Crippen molar-refractivity contribution in [2.75, 3.05) is 50.8 Å². The summed E-state index contributed by atoms with van der Waals surface area (Å²) in [7, 11) is 0. The molecule has 2 amide bonds. The van der Waals surface area contributed by atoms with Crippen LogP contribution in [0.4, 0.5) is 5.82 Å². The first-order valence-electron chi connectivity index (χ1n) is 12.5. The molecule has 0 N–H and O–H groups in total. The van der Waals surface area contributed by atoms with E-state index in [1.165, 1.54) is 0 Å². The third-order valence-corrected chi connectivity index (χ3v) is 7.22. The second kappa shape index (κ2) is 10.5. The molecule has 0 bridgehead atoms. The molecule has 1 aromatic heterocycles. The minimum atomic E-state index is 0.0239. The average Bonchev–Trinajstić information content (AvgIpc) is 3.36. The van der Waals surface area contributed by atoms with Crippen LogP contribution in [0.5, 0.6) is 0 Å². The number of ether oxygens (including phenoxy) is 1. The van der Waals surface area contributed by atoms with E-state index >= 15 is 0 Å². The van der Waals surface area contributed by atoms with Gasteiger partial charge in [-0.15, -0.1) is 10.2 Å². The molecule has 2 aliphatic heterocycles. The van der Waals surface area contributed by atoms with Crippen LogP contribution in [-0.2, 0) is 14.3 Å². The second-order valence-corrected chi connectivity index (χ2v) is 9.49. The molecule has 1 aliphatic carbocycles. The van der Waals surface area contributed by atoms with Crippen molar-refractivity contribution < 1.29 is 14.3 Å². The Morgan fingerprint density at radius 2 is 1.74 bits per heavy atom. The summed E-state index contributed by atoms with van der Waals surface area (Å²) in [5.41, 5.74) is 1.89. The minimum Gasteiger partial charge on any atom is -0.376 e. The highest BCUT2D eigenvalue weighted by Gasteiger charge is 2.33. The van der Waals surface area contributed by atoms with E-state index in [0.717, 1.165) is 55.8 Å². The van der Waals surface area contributed by atoms with Crippen molar-refractivity contribution in [3.8, 4) is 11.3 Å². The third kappa shape index (κ3) is 5.22. The predicted octanol–water partition coefficient (Wildman–Crippen LogP) is 2.60. The van der Waals surface area contributed by atoms with Gasteiger partial charge in [-0.05, 0) is 37.8 Å². The van der Waals surface area contributed by atoms with Gasteiger partial charge in [-0.3, -0.25) is 9.59 Å². The lowest BCUT2D eigenvalue weighted by molar-refractivity contribution is -0.146. The van der Waals surface area contributed by atoms with E-state index in [1.54, 1.807) is 4.90 Å². The van der Waals surface area contributed by atoms with Crippen LogP contribution in [0.15, 0.2) is 42.5 Å². The molecular formula is C26H33N5O3. The Kier molecular flexibility index (Phi) is 7.04. The molecule has 34 heavy (non-hydrogen) atoms. The number of carbonyl (C=O) groups excluding carboxylic acids is 2. The molecule has 2 aromatic rings. The van der Waals surface area contributed by atoms with Gasteiger partial charge in [-0.2, -0.15) is 0 Å². The van der Waals surface area contributed by atoms with E-state index in [1.807, 2.05) is 47.4 Å². The molecule has 8 heteroatoms. The van der Waals surface area contributed by atoms with Gasteiger partial charge >= 0.3 is 0 Å². The molecule has 180 valence electrons. The maximum Gasteiger partial charge on any atom is 0.242 e. The van der Waals surface area contributed by atoms with E-state index in [4.69, 9.17) is 4.74 Å². The highest BCUT2D eigenvalue weighted by Crippen LogP contribution is 2.29. The van der Waals surface area contributed by atoms with Crippen LogP contribution in [0, 0.1) is 5.92 Å². The Bertz CT molecular complexity index is 966. The van der Waals surface area contributed by atoms with Gasteiger partial charge in [0.05, 0.1) is 18.3 Å². The summed E-state index contributed by atoms with van der Waals surface area (Å²) in [6.45, 7) is 4.08. The highest BCUT2D eigenvalue weighted by molar-refractivity contribution is 5.86. The van der Waals surface area contributed by atoms with E-state index in [9.17, 15) is 9.59 Å². The van der Waals surface area contributed by atoms with Crippen molar-refractivity contribution in [2.24, 2.45) is 5.92 Å². The Balaban J connectivity index is 1.15. The molecular weight excluding hydrogens is 430 g/mol. The van der Waals surface area contributed by atoms with E-state index < -0.39 is 0 Å². The van der Waals surface area contributed by atoms with E-state index in [0.29, 0.717) is 32.7 Å². The fourth-order valence-electron chi connectivity index (χ4n) is 4.88. The number of rotatable bonds is 7. The van der Waals surface area contributed by atoms with E-state index in [2.05, 4.69) is 15.1 Å². The largest absolute Gasteiger partial charge is 0.376 e. The van der Waals surface area contributed by atoms with Gasteiger partial charge in [0.2, 0.25) is 11.8 Å². The molecule has 1 saturated carbocycles. The molecule has 5 rings (SSSR count). The van der Waals surface area contributed by atoms with Crippen molar-refractivity contribution >= 4 is 17.6 Å². The second-order valence-electron chi connectivity index (χ2n) is 9.49. The molecule has 0 unspecified atom stereocenters. The number of amides is 2. The van der Waals surface area contributed by atoms with Gasteiger partial charge in [0.1, 0.15) is 0 Å². The van der Waals surface area contributed by atoms with Crippen LogP contribution in [0.25, 0.3) is 11.3 Å². The maximum absolute atomic E-state index is 13.1. The third-order valence-electron chi connectivity index (χ3n) is 7.22. The molecule has 3 fully saturated rings. The van der Waals surface area contributed by atoms with Gasteiger partial charge in [0, 0.05) is 50.8 Å². The molecule has 0 spiro atoms. The van der Waals surface area contributed by atoms with Crippen LogP contribution in [0.2, 0.25) is 0 Å². The van der Waals surface area contributed by atoms with Crippen molar-refractivity contribution in [3.05, 3.63) is 42.5 Å². The van der Waals surface area contributed by atoms with Crippen LogP contribution in [0.3, 0.4) is 0 Å². The van der Waals surface area contributed by atoms with Crippen LogP contribution in [0.1, 0.15) is 32.1 Å². The van der Waals surface area contributed by atoms with Crippen molar-refractivity contribution in [1.82, 2.24) is 20.0 Å². The number of nitrogens with zero attached hydrogens (tertiary/aromatic N) is 5. The van der Waals surface area contributed by atoms with Gasteiger partial charge in [0.15, 0.2) is 5.82 Å². The topological polar surface area (TPSA) is 78.9 Å². The standard InChI is InChI=1S/C26H33N5O3/c32-25(19-31(18-22-10-5-17-34-22)26(33)21-8-4-9-21)30-15-13-29(14-16-30)24-12-11-23(27-28-24)20-6-2-1-3-7-20/h1-3,6-7,11-12,21-22H,4-5,8-10,13-19H2/t22-/m1/s1. The van der Waals surface area contributed by atoms with Gasteiger partial charge in [0.25, 0.3) is 0 Å². The Morgan fingerprint density at radius 3 is 2.35 bits per heavy atom. The Labute approximate surface area is 200 Å². The SMILES string of the molecule is O=C(CN(C[C@H]1CCCO1)C(=O)C1CCC1)N1CCN(c2ccc(-c3ccccc3)nn2)CC1. The monoisotopic (exact) mass is 463 g/mol. The summed E-state index contributed by atoms with van der Waals surface area (Å²) in [6, 6.07) is 14.0. The lowest BCUT2D eigenvalue weighted by atomic mass is 9.84. The molecule has 1 aromatic carbocycles. The first-order chi connectivity index (χ1) is 16.7. The molecule has 0 radical (unpaired) electrons. The van der Waals surface area contributed by atoms with E-state index in [-0.39, 0.29) is 30.4 Å². The summed E-state index contributed by atoms with van der Waals surface area (Å²) in [6.07, 6.45) is 5.04. The number of aromatic nitrogens is 2. The summed E-state index contributed by atoms with van der Waals surface area (Å²) in [5.74, 6) is 1.06. The van der Waals surface area contributed by atoms with Crippen LogP contribution >= 0.6 is 0 Å². The van der Waals surface area contributed by atoms with Crippen molar-refractivity contribution in [1.29, 1.82) is 0 Å². The predicted molar refractivity (Wildman–Crippen MR) is 129 cm³/mol. The fraction of sp³-hybridized carbons (Fsp3) is 0.538. The number of hydrogen-bond acceptors (Lipinski definition) is 6. The summed E-state index contributed by atoms with van der Waals surface area (Å²) >= 11 is 0. The number of piperazine rings is 1. The van der Waals surface area contributed by atoms with Crippen molar-refractivity contribution in [2.45, 2.75) is 38.2 Å². The summed E-state index contributed by atoms with van der Waals surface area (Å²) < 4.78 is 5.75. The maximum atomic E-state index is 13.1. The molecule has 3 aliphatic rings. The lowest BCUT2D eigenvalue weighted by Gasteiger charge is -2.37. The zero-order valence-electron chi connectivity index (χ0n) is 19.6. The van der Waals surface area contributed by atoms with Gasteiger partial charge in [-0.1, -0.05) is 36.8 Å². The fourth-order valence-corrected chi connectivity index (χ4v) is 4.88. The first-order valence-corrected chi connectivity index (χ1v) is 12.5. The van der Waals surface area contributed by atoms with Gasteiger partial charge in [-0.25, -0.2) is 0 Å². The zero-order chi connectivity index (χ0) is 23.3. The normalized spacial score (nSPS) is 20.8. The smallest absolute Gasteiger partial charge is 0.242 e. The number of anilines is 1.